The first-order chi connectivity index (χ1) is 4.24. The molecule has 0 saturated heterocycles. The predicted molar refractivity (Wildman–Crippen MR) is 36.2 cm³/mol. The molecule has 0 aliphatic heterocycles. The summed E-state index contributed by atoms with van der Waals surface area (Å²) in [5, 5.41) is 0. The van der Waals surface area contributed by atoms with Crippen molar-refractivity contribution >= 4 is 6.29 Å². The summed E-state index contributed by atoms with van der Waals surface area (Å²) in [4.78, 5) is 12.3. The number of aldehydes is 1. The van der Waals surface area contributed by atoms with E-state index in [4.69, 9.17) is 0 Å². The third kappa shape index (κ3) is 1.79. The Kier molecular flexibility index (Phi) is 1.86. The Morgan fingerprint density at radius 3 is 2.67 bits per heavy atom. The molecule has 1 aliphatic carbocycles. The molecule has 0 aromatic rings. The van der Waals surface area contributed by atoms with Gasteiger partial charge in [0.1, 0.15) is 6.29 Å². The molecule has 1 aliphatic rings. The van der Waals surface area contributed by atoms with Crippen LogP contribution in [0, 0.1) is 11.8 Å². The molecule has 0 N–H and O–H groups in total. The van der Waals surface area contributed by atoms with Crippen molar-refractivity contribution in [3.63, 3.8) is 0 Å². The summed E-state index contributed by atoms with van der Waals surface area (Å²) in [5.74, 6) is 1.05. The van der Waals surface area contributed by atoms with Gasteiger partial charge in [0.25, 0.3) is 0 Å². The maximum atomic E-state index is 10.1. The number of carbonyl (C=O) groups is 1. The Labute approximate surface area is 55.8 Å². The molecular weight excluding hydrogens is 114 g/mol. The van der Waals surface area contributed by atoms with E-state index in [9.17, 15) is 4.79 Å². The average molecular weight is 127 g/mol. The van der Waals surface area contributed by atoms with Crippen LogP contribution in [0.15, 0.2) is 0 Å². The van der Waals surface area contributed by atoms with E-state index in [1.165, 1.54) is 0 Å². The zero-order valence-electron chi connectivity index (χ0n) is 6.00. The average Bonchev–Trinajstić information content (AvgIpc) is 2.45. The van der Waals surface area contributed by atoms with Crippen LogP contribution in [-0.2, 0) is 4.79 Å². The molecule has 1 saturated carbocycles. The monoisotopic (exact) mass is 127 g/mol. The van der Waals surface area contributed by atoms with Crippen molar-refractivity contribution in [2.45, 2.75) is 6.42 Å². The lowest BCUT2D eigenvalue weighted by Crippen LogP contribution is -2.15. The molecule has 2 atom stereocenters. The number of rotatable bonds is 3. The summed E-state index contributed by atoms with van der Waals surface area (Å²) in [6, 6.07) is 0. The first-order valence-corrected chi connectivity index (χ1v) is 3.34. The number of hydrogen-bond acceptors (Lipinski definition) is 2. The fourth-order valence-electron chi connectivity index (χ4n) is 1.12. The minimum Gasteiger partial charge on any atom is -0.309 e. The highest BCUT2D eigenvalue weighted by Crippen LogP contribution is 2.36. The number of hydrogen-bond donors (Lipinski definition) is 0. The van der Waals surface area contributed by atoms with Crippen LogP contribution in [-0.4, -0.2) is 31.8 Å². The van der Waals surface area contributed by atoms with Gasteiger partial charge in [-0.2, -0.15) is 0 Å². The van der Waals surface area contributed by atoms with Crippen LogP contribution in [0.1, 0.15) is 6.42 Å². The van der Waals surface area contributed by atoms with E-state index >= 15 is 0 Å². The molecular formula is C7H13NO. The van der Waals surface area contributed by atoms with Crippen LogP contribution >= 0.6 is 0 Å². The maximum absolute atomic E-state index is 10.1. The summed E-state index contributed by atoms with van der Waals surface area (Å²) >= 11 is 0. The summed E-state index contributed by atoms with van der Waals surface area (Å²) in [6.07, 6.45) is 2.19. The molecule has 2 nitrogen and oxygen atoms in total. The molecule has 0 aromatic heterocycles. The van der Waals surface area contributed by atoms with Crippen molar-refractivity contribution in [2.24, 2.45) is 11.8 Å². The zero-order valence-corrected chi connectivity index (χ0v) is 6.00. The van der Waals surface area contributed by atoms with Crippen LogP contribution in [0.4, 0.5) is 0 Å². The largest absolute Gasteiger partial charge is 0.309 e. The van der Waals surface area contributed by atoms with Gasteiger partial charge in [-0.25, -0.2) is 0 Å². The van der Waals surface area contributed by atoms with E-state index in [1.807, 2.05) is 14.1 Å². The third-order valence-electron chi connectivity index (χ3n) is 1.75. The Hall–Kier alpha value is -0.370. The molecule has 52 valence electrons. The Balaban J connectivity index is 2.12. The Bertz CT molecular complexity index is 111. The van der Waals surface area contributed by atoms with Gasteiger partial charge in [-0.15, -0.1) is 0 Å². The van der Waals surface area contributed by atoms with E-state index in [2.05, 4.69) is 4.90 Å². The van der Waals surface area contributed by atoms with Crippen molar-refractivity contribution in [3.05, 3.63) is 0 Å². The van der Waals surface area contributed by atoms with Crippen molar-refractivity contribution in [2.75, 3.05) is 20.6 Å². The molecule has 2 heteroatoms. The second-order valence-corrected chi connectivity index (χ2v) is 3.06. The van der Waals surface area contributed by atoms with Gasteiger partial charge in [-0.3, -0.25) is 0 Å². The fraction of sp³-hybridized carbons (Fsp3) is 0.857. The number of carbonyl (C=O) groups excluding carboxylic acids is 1. The highest BCUT2D eigenvalue weighted by Gasteiger charge is 2.36. The Morgan fingerprint density at radius 1 is 1.67 bits per heavy atom. The zero-order chi connectivity index (χ0) is 6.85. The first kappa shape index (κ1) is 6.75. The summed E-state index contributed by atoms with van der Waals surface area (Å²) in [5.41, 5.74) is 0. The molecule has 0 bridgehead atoms. The first-order valence-electron chi connectivity index (χ1n) is 3.34. The second kappa shape index (κ2) is 2.48. The predicted octanol–water partition coefficient (Wildman–Crippen LogP) is 0.383. The van der Waals surface area contributed by atoms with Gasteiger partial charge in [0.2, 0.25) is 0 Å². The number of nitrogens with zero attached hydrogens (tertiary/aromatic N) is 1. The summed E-state index contributed by atoms with van der Waals surface area (Å²) in [6.45, 7) is 1.07. The van der Waals surface area contributed by atoms with Crippen LogP contribution in [0.3, 0.4) is 0 Å². The highest BCUT2D eigenvalue weighted by atomic mass is 16.1. The summed E-state index contributed by atoms with van der Waals surface area (Å²) in [7, 11) is 4.08. The van der Waals surface area contributed by atoms with E-state index in [0.29, 0.717) is 11.8 Å². The molecule has 0 heterocycles. The van der Waals surface area contributed by atoms with Crippen LogP contribution in [0.5, 0.6) is 0 Å². The van der Waals surface area contributed by atoms with Gasteiger partial charge >= 0.3 is 0 Å². The van der Waals surface area contributed by atoms with E-state index in [-0.39, 0.29) is 0 Å². The lowest BCUT2D eigenvalue weighted by Gasteiger charge is -2.06. The molecule has 0 spiro atoms. The van der Waals surface area contributed by atoms with Gasteiger partial charge in [0.15, 0.2) is 0 Å². The van der Waals surface area contributed by atoms with Crippen molar-refractivity contribution in [3.8, 4) is 0 Å². The van der Waals surface area contributed by atoms with Gasteiger partial charge in [0.05, 0.1) is 0 Å². The van der Waals surface area contributed by atoms with Gasteiger partial charge in [-0.05, 0) is 26.4 Å². The Morgan fingerprint density at radius 2 is 2.33 bits per heavy atom. The lowest BCUT2D eigenvalue weighted by atomic mass is 10.3. The lowest BCUT2D eigenvalue weighted by molar-refractivity contribution is -0.109. The third-order valence-corrected chi connectivity index (χ3v) is 1.75. The standard InChI is InChI=1S/C7H13NO/c1-8(2)4-6-3-7(6)5-9/h5-7H,3-4H2,1-2H3. The van der Waals surface area contributed by atoms with Crippen molar-refractivity contribution in [1.82, 2.24) is 4.90 Å². The molecule has 1 rings (SSSR count). The van der Waals surface area contributed by atoms with E-state index in [1.54, 1.807) is 0 Å². The van der Waals surface area contributed by atoms with Crippen LogP contribution < -0.4 is 0 Å². The van der Waals surface area contributed by atoms with E-state index < -0.39 is 0 Å². The topological polar surface area (TPSA) is 20.3 Å². The van der Waals surface area contributed by atoms with Gasteiger partial charge in [-0.1, -0.05) is 0 Å². The molecule has 0 aromatic carbocycles. The fourth-order valence-corrected chi connectivity index (χ4v) is 1.12. The van der Waals surface area contributed by atoms with Crippen LogP contribution in [0.25, 0.3) is 0 Å². The van der Waals surface area contributed by atoms with E-state index in [0.717, 1.165) is 19.3 Å². The second-order valence-electron chi connectivity index (χ2n) is 3.06. The van der Waals surface area contributed by atoms with Crippen LogP contribution in [0.2, 0.25) is 0 Å². The minimum absolute atomic E-state index is 0.382. The normalized spacial score (nSPS) is 32.8. The molecule has 1 fully saturated rings. The van der Waals surface area contributed by atoms with Gasteiger partial charge in [0, 0.05) is 12.5 Å². The van der Waals surface area contributed by atoms with Crippen molar-refractivity contribution in [1.29, 1.82) is 0 Å². The molecule has 2 unspecified atom stereocenters. The minimum atomic E-state index is 0.382. The molecule has 0 amide bonds. The molecule has 9 heavy (non-hydrogen) atoms. The van der Waals surface area contributed by atoms with Crippen molar-refractivity contribution < 1.29 is 4.79 Å². The SMILES string of the molecule is CN(C)CC1CC1C=O. The molecule has 0 radical (unpaired) electrons. The highest BCUT2D eigenvalue weighted by molar-refractivity contribution is 5.58. The summed E-state index contributed by atoms with van der Waals surface area (Å²) < 4.78 is 0. The maximum Gasteiger partial charge on any atom is 0.123 e. The smallest absolute Gasteiger partial charge is 0.123 e. The quantitative estimate of drug-likeness (QED) is 0.511. The van der Waals surface area contributed by atoms with Gasteiger partial charge < -0.3 is 9.69 Å².